The van der Waals surface area contributed by atoms with E-state index in [4.69, 9.17) is 9.47 Å². The molecule has 0 saturated carbocycles. The number of hydrogen-bond acceptors (Lipinski definition) is 4. The van der Waals surface area contributed by atoms with Gasteiger partial charge in [-0.05, 0) is 55.7 Å². The lowest BCUT2D eigenvalue weighted by Gasteiger charge is -2.12. The number of carbonyl (C=O) groups excluding carboxylic acids is 1. The van der Waals surface area contributed by atoms with E-state index in [2.05, 4.69) is 10.3 Å². The summed E-state index contributed by atoms with van der Waals surface area (Å²) in [6.45, 7) is 5.58. The molecule has 0 unspecified atom stereocenters. The molecule has 128 valence electrons. The van der Waals surface area contributed by atoms with Gasteiger partial charge in [0.1, 0.15) is 0 Å². The van der Waals surface area contributed by atoms with E-state index in [9.17, 15) is 4.79 Å². The minimum absolute atomic E-state index is 0.0265. The van der Waals surface area contributed by atoms with Crippen LogP contribution in [-0.4, -0.2) is 24.1 Å². The third-order valence-corrected chi connectivity index (χ3v) is 3.49. The maximum Gasteiger partial charge on any atom is 0.220 e. The van der Waals surface area contributed by atoms with Gasteiger partial charge in [-0.15, -0.1) is 0 Å². The lowest BCUT2D eigenvalue weighted by atomic mass is 10.1. The first-order chi connectivity index (χ1) is 11.7. The average molecular weight is 328 g/mol. The van der Waals surface area contributed by atoms with E-state index in [-0.39, 0.29) is 5.91 Å². The lowest BCUT2D eigenvalue weighted by molar-refractivity contribution is -0.121. The number of pyridine rings is 1. The maximum absolute atomic E-state index is 12.0. The normalized spacial score (nSPS) is 10.2. The number of aryl methyl sites for hydroxylation is 1. The molecule has 0 saturated heterocycles. The van der Waals surface area contributed by atoms with E-state index in [0.717, 1.165) is 22.6 Å². The molecule has 5 nitrogen and oxygen atoms in total. The molecule has 0 spiro atoms. The smallest absolute Gasteiger partial charge is 0.220 e. The van der Waals surface area contributed by atoms with Crippen LogP contribution in [0.4, 0.5) is 0 Å². The highest BCUT2D eigenvalue weighted by atomic mass is 16.5. The van der Waals surface area contributed by atoms with Gasteiger partial charge in [0.05, 0.1) is 13.2 Å². The number of rotatable bonds is 9. The topological polar surface area (TPSA) is 60.5 Å². The number of benzene rings is 1. The van der Waals surface area contributed by atoms with Crippen LogP contribution in [0.15, 0.2) is 42.7 Å². The van der Waals surface area contributed by atoms with Crippen LogP contribution >= 0.6 is 0 Å². The summed E-state index contributed by atoms with van der Waals surface area (Å²) < 4.78 is 11.2. The van der Waals surface area contributed by atoms with Crippen LogP contribution in [-0.2, 0) is 17.8 Å². The van der Waals surface area contributed by atoms with Crippen molar-refractivity contribution in [2.45, 2.75) is 33.2 Å². The second kappa shape index (κ2) is 9.55. The van der Waals surface area contributed by atoms with E-state index in [1.54, 1.807) is 12.4 Å². The molecule has 0 fully saturated rings. The van der Waals surface area contributed by atoms with E-state index in [0.29, 0.717) is 32.6 Å². The average Bonchev–Trinajstić information content (AvgIpc) is 2.61. The first-order valence-electron chi connectivity index (χ1n) is 8.27. The quantitative estimate of drug-likeness (QED) is 0.768. The van der Waals surface area contributed by atoms with Gasteiger partial charge in [0.15, 0.2) is 11.5 Å². The van der Waals surface area contributed by atoms with Gasteiger partial charge >= 0.3 is 0 Å². The molecular weight excluding hydrogens is 304 g/mol. The fraction of sp³-hybridized carbons (Fsp3) is 0.368. The van der Waals surface area contributed by atoms with Gasteiger partial charge < -0.3 is 14.8 Å². The van der Waals surface area contributed by atoms with E-state index < -0.39 is 0 Å². The molecule has 24 heavy (non-hydrogen) atoms. The molecule has 0 radical (unpaired) electrons. The zero-order valence-electron chi connectivity index (χ0n) is 14.2. The van der Waals surface area contributed by atoms with Crippen LogP contribution in [0.5, 0.6) is 11.5 Å². The number of amides is 1. The largest absolute Gasteiger partial charge is 0.490 e. The summed E-state index contributed by atoms with van der Waals surface area (Å²) in [5, 5.41) is 2.92. The minimum atomic E-state index is 0.0265. The highest BCUT2D eigenvalue weighted by molar-refractivity contribution is 5.76. The summed E-state index contributed by atoms with van der Waals surface area (Å²) in [5.41, 5.74) is 2.10. The summed E-state index contributed by atoms with van der Waals surface area (Å²) in [7, 11) is 0. The van der Waals surface area contributed by atoms with Crippen LogP contribution in [0.1, 0.15) is 31.4 Å². The molecule has 0 bridgehead atoms. The highest BCUT2D eigenvalue weighted by Gasteiger charge is 2.08. The Morgan fingerprint density at radius 3 is 2.42 bits per heavy atom. The van der Waals surface area contributed by atoms with Crippen LogP contribution in [0.25, 0.3) is 0 Å². The van der Waals surface area contributed by atoms with Crippen LogP contribution < -0.4 is 14.8 Å². The molecule has 1 aromatic heterocycles. The first kappa shape index (κ1) is 17.8. The monoisotopic (exact) mass is 328 g/mol. The van der Waals surface area contributed by atoms with E-state index in [1.165, 1.54) is 0 Å². The Morgan fingerprint density at radius 2 is 1.71 bits per heavy atom. The standard InChI is InChI=1S/C19H24N2O3/c1-3-23-17-7-5-15(13-18(17)24-4-2)6-8-19(22)21-14-16-9-11-20-12-10-16/h5,7,9-13H,3-4,6,8,14H2,1-2H3,(H,21,22). The number of nitrogens with zero attached hydrogens (tertiary/aromatic N) is 1. The molecule has 5 heteroatoms. The zero-order chi connectivity index (χ0) is 17.2. The molecule has 2 rings (SSSR count). The molecule has 1 aromatic carbocycles. The summed E-state index contributed by atoms with van der Waals surface area (Å²) in [6.07, 6.45) is 4.53. The van der Waals surface area contributed by atoms with Crippen molar-refractivity contribution in [3.8, 4) is 11.5 Å². The molecular formula is C19H24N2O3. The molecule has 0 aliphatic carbocycles. The SMILES string of the molecule is CCOc1ccc(CCC(=O)NCc2ccncc2)cc1OCC. The maximum atomic E-state index is 12.0. The Hall–Kier alpha value is -2.56. The van der Waals surface area contributed by atoms with Gasteiger partial charge in [-0.25, -0.2) is 0 Å². The van der Waals surface area contributed by atoms with Crippen molar-refractivity contribution in [3.63, 3.8) is 0 Å². The molecule has 1 heterocycles. The number of carbonyl (C=O) groups is 1. The van der Waals surface area contributed by atoms with Crippen molar-refractivity contribution in [1.82, 2.24) is 10.3 Å². The van der Waals surface area contributed by atoms with Crippen molar-refractivity contribution in [1.29, 1.82) is 0 Å². The number of ether oxygens (including phenoxy) is 2. The first-order valence-corrected chi connectivity index (χ1v) is 8.27. The molecule has 0 atom stereocenters. The van der Waals surface area contributed by atoms with Gasteiger partial charge in [0.2, 0.25) is 5.91 Å². The van der Waals surface area contributed by atoms with Gasteiger partial charge in [-0.2, -0.15) is 0 Å². The van der Waals surface area contributed by atoms with E-state index in [1.807, 2.05) is 44.2 Å². The van der Waals surface area contributed by atoms with Crippen molar-refractivity contribution in [2.24, 2.45) is 0 Å². The van der Waals surface area contributed by atoms with Crippen molar-refractivity contribution in [3.05, 3.63) is 53.9 Å². The van der Waals surface area contributed by atoms with Gasteiger partial charge in [0, 0.05) is 25.4 Å². The van der Waals surface area contributed by atoms with Gasteiger partial charge in [-0.1, -0.05) is 6.07 Å². The summed E-state index contributed by atoms with van der Waals surface area (Å²) in [5.74, 6) is 1.50. The zero-order valence-corrected chi connectivity index (χ0v) is 14.2. The van der Waals surface area contributed by atoms with Crippen LogP contribution in [0, 0.1) is 0 Å². The predicted molar refractivity (Wildman–Crippen MR) is 93.2 cm³/mol. The van der Waals surface area contributed by atoms with Crippen molar-refractivity contribution >= 4 is 5.91 Å². The Kier molecular flexibility index (Phi) is 7.08. The van der Waals surface area contributed by atoms with Crippen LogP contribution in [0.3, 0.4) is 0 Å². The Morgan fingerprint density at radius 1 is 1.00 bits per heavy atom. The Bertz CT molecular complexity index is 644. The predicted octanol–water partition coefficient (Wildman–Crippen LogP) is 3.13. The fourth-order valence-corrected chi connectivity index (χ4v) is 2.30. The van der Waals surface area contributed by atoms with Crippen molar-refractivity contribution in [2.75, 3.05) is 13.2 Å². The Balaban J connectivity index is 1.86. The molecule has 1 amide bonds. The van der Waals surface area contributed by atoms with Crippen molar-refractivity contribution < 1.29 is 14.3 Å². The number of aromatic nitrogens is 1. The van der Waals surface area contributed by atoms with Gasteiger partial charge in [0.25, 0.3) is 0 Å². The minimum Gasteiger partial charge on any atom is -0.490 e. The summed E-state index contributed by atoms with van der Waals surface area (Å²) >= 11 is 0. The second-order valence-corrected chi connectivity index (χ2v) is 5.28. The molecule has 1 N–H and O–H groups in total. The van der Waals surface area contributed by atoms with E-state index >= 15 is 0 Å². The Labute approximate surface area is 143 Å². The van der Waals surface area contributed by atoms with Crippen LogP contribution in [0.2, 0.25) is 0 Å². The molecule has 0 aliphatic heterocycles. The third kappa shape index (κ3) is 5.57. The fourth-order valence-electron chi connectivity index (χ4n) is 2.30. The number of hydrogen-bond donors (Lipinski definition) is 1. The second-order valence-electron chi connectivity index (χ2n) is 5.28. The molecule has 2 aromatic rings. The summed E-state index contributed by atoms with van der Waals surface area (Å²) in [6, 6.07) is 9.61. The summed E-state index contributed by atoms with van der Waals surface area (Å²) in [4.78, 5) is 15.9. The highest BCUT2D eigenvalue weighted by Crippen LogP contribution is 2.28. The third-order valence-electron chi connectivity index (χ3n) is 3.49. The van der Waals surface area contributed by atoms with Gasteiger partial charge in [-0.3, -0.25) is 9.78 Å². The molecule has 0 aliphatic rings. The lowest BCUT2D eigenvalue weighted by Crippen LogP contribution is -2.23. The number of nitrogens with one attached hydrogen (secondary N) is 1.